The number of rotatable bonds is 5. The van der Waals surface area contributed by atoms with Crippen molar-refractivity contribution in [3.63, 3.8) is 0 Å². The Morgan fingerprint density at radius 2 is 2.00 bits per heavy atom. The predicted molar refractivity (Wildman–Crippen MR) is 82.4 cm³/mol. The summed E-state index contributed by atoms with van der Waals surface area (Å²) in [5, 5.41) is 1.20. The van der Waals surface area contributed by atoms with E-state index in [4.69, 9.17) is 5.73 Å². The number of anilines is 1. The molecule has 0 aliphatic rings. The molecule has 0 aliphatic carbocycles. The summed E-state index contributed by atoms with van der Waals surface area (Å²) < 4.78 is 0. The molecule has 102 valence electrons. The molecule has 0 amide bonds. The summed E-state index contributed by atoms with van der Waals surface area (Å²) in [4.78, 5) is 6.94. The van der Waals surface area contributed by atoms with Crippen LogP contribution in [0.5, 0.6) is 0 Å². The molecule has 1 unspecified atom stereocenters. The van der Waals surface area contributed by atoms with Gasteiger partial charge in [0.05, 0.1) is 11.2 Å². The monoisotopic (exact) mass is 257 g/mol. The molecule has 0 saturated heterocycles. The summed E-state index contributed by atoms with van der Waals surface area (Å²) in [6.45, 7) is 8.19. The Morgan fingerprint density at radius 1 is 1.26 bits per heavy atom. The van der Waals surface area contributed by atoms with Gasteiger partial charge in [-0.25, -0.2) is 0 Å². The molecule has 1 aromatic carbocycles. The van der Waals surface area contributed by atoms with Gasteiger partial charge in [-0.1, -0.05) is 25.1 Å². The molecule has 0 spiro atoms. The van der Waals surface area contributed by atoms with Crippen LogP contribution in [0.1, 0.15) is 32.8 Å². The fraction of sp³-hybridized carbons (Fsp3) is 0.438. The molecular formula is C16H23N3. The minimum atomic E-state index is 0.501. The maximum absolute atomic E-state index is 5.91. The largest absolute Gasteiger partial charge is 0.368 e. The van der Waals surface area contributed by atoms with E-state index in [-0.39, 0.29) is 0 Å². The molecule has 0 radical (unpaired) electrons. The zero-order valence-electron chi connectivity index (χ0n) is 12.1. The van der Waals surface area contributed by atoms with E-state index in [1.165, 1.54) is 11.1 Å². The number of hydrogen-bond acceptors (Lipinski definition) is 3. The quantitative estimate of drug-likeness (QED) is 0.893. The van der Waals surface area contributed by atoms with Crippen molar-refractivity contribution in [2.45, 2.75) is 39.8 Å². The van der Waals surface area contributed by atoms with E-state index >= 15 is 0 Å². The third-order valence-corrected chi connectivity index (χ3v) is 3.79. The number of aromatic nitrogens is 1. The number of nitrogens with zero attached hydrogens (tertiary/aromatic N) is 2. The van der Waals surface area contributed by atoms with Crippen LogP contribution in [0.15, 0.2) is 30.5 Å². The Kier molecular flexibility index (Phi) is 4.38. The van der Waals surface area contributed by atoms with Gasteiger partial charge in [0.25, 0.3) is 0 Å². The molecule has 0 fully saturated rings. The lowest BCUT2D eigenvalue weighted by molar-refractivity contribution is 0.629. The van der Waals surface area contributed by atoms with Crippen LogP contribution in [0.4, 0.5) is 5.69 Å². The lowest BCUT2D eigenvalue weighted by Crippen LogP contribution is -2.33. The number of hydrogen-bond donors (Lipinski definition) is 1. The maximum Gasteiger partial charge on any atom is 0.0723 e. The highest BCUT2D eigenvalue weighted by Crippen LogP contribution is 2.31. The van der Waals surface area contributed by atoms with E-state index in [1.54, 1.807) is 0 Å². The number of pyridine rings is 1. The average Bonchev–Trinajstić information content (AvgIpc) is 2.47. The molecule has 0 saturated carbocycles. The first-order chi connectivity index (χ1) is 9.22. The molecule has 19 heavy (non-hydrogen) atoms. The van der Waals surface area contributed by atoms with Gasteiger partial charge in [-0.05, 0) is 26.3 Å². The highest BCUT2D eigenvalue weighted by atomic mass is 15.2. The van der Waals surface area contributed by atoms with Gasteiger partial charge >= 0.3 is 0 Å². The van der Waals surface area contributed by atoms with Crippen molar-refractivity contribution in [3.05, 3.63) is 36.0 Å². The molecule has 0 aliphatic heterocycles. The molecule has 2 aromatic rings. The van der Waals surface area contributed by atoms with Crippen molar-refractivity contribution in [2.24, 2.45) is 5.73 Å². The topological polar surface area (TPSA) is 42.1 Å². The second-order valence-corrected chi connectivity index (χ2v) is 4.90. The lowest BCUT2D eigenvalue weighted by Gasteiger charge is -2.32. The van der Waals surface area contributed by atoms with Gasteiger partial charge in [-0.2, -0.15) is 0 Å². The van der Waals surface area contributed by atoms with E-state index in [0.29, 0.717) is 12.6 Å². The van der Waals surface area contributed by atoms with Crippen LogP contribution < -0.4 is 10.6 Å². The van der Waals surface area contributed by atoms with Gasteiger partial charge in [0, 0.05) is 36.3 Å². The van der Waals surface area contributed by atoms with Crippen LogP contribution in [0.2, 0.25) is 0 Å². The molecule has 2 N–H and O–H groups in total. The van der Waals surface area contributed by atoms with Crippen molar-refractivity contribution >= 4 is 16.6 Å². The third kappa shape index (κ3) is 2.56. The van der Waals surface area contributed by atoms with Crippen LogP contribution in [0.25, 0.3) is 10.9 Å². The second kappa shape index (κ2) is 6.02. The van der Waals surface area contributed by atoms with Gasteiger partial charge in [-0.3, -0.25) is 4.98 Å². The Hall–Kier alpha value is -1.61. The van der Waals surface area contributed by atoms with Gasteiger partial charge in [0.15, 0.2) is 0 Å². The Bertz CT molecular complexity index is 551. The van der Waals surface area contributed by atoms with Gasteiger partial charge in [0.2, 0.25) is 0 Å². The molecule has 3 nitrogen and oxygen atoms in total. The fourth-order valence-corrected chi connectivity index (χ4v) is 2.57. The molecule has 1 aromatic heterocycles. The number of benzene rings is 1. The lowest BCUT2D eigenvalue weighted by atomic mass is 10.1. The summed E-state index contributed by atoms with van der Waals surface area (Å²) in [5.41, 5.74) is 9.33. The van der Waals surface area contributed by atoms with Crippen molar-refractivity contribution in [1.29, 1.82) is 0 Å². The van der Waals surface area contributed by atoms with E-state index in [9.17, 15) is 0 Å². The summed E-state index contributed by atoms with van der Waals surface area (Å²) in [7, 11) is 0. The average molecular weight is 257 g/mol. The van der Waals surface area contributed by atoms with Gasteiger partial charge < -0.3 is 10.6 Å². The number of para-hydroxylation sites is 1. The van der Waals surface area contributed by atoms with E-state index < -0.39 is 0 Å². The van der Waals surface area contributed by atoms with Crippen LogP contribution in [-0.4, -0.2) is 17.6 Å². The highest BCUT2D eigenvalue weighted by molar-refractivity contribution is 5.93. The van der Waals surface area contributed by atoms with Crippen LogP contribution in [-0.2, 0) is 6.54 Å². The predicted octanol–water partition coefficient (Wildman–Crippen LogP) is 3.32. The zero-order valence-corrected chi connectivity index (χ0v) is 12.1. The minimum absolute atomic E-state index is 0.501. The molecule has 1 atom stereocenters. The second-order valence-electron chi connectivity index (χ2n) is 4.90. The Morgan fingerprint density at radius 3 is 2.63 bits per heavy atom. The normalized spacial score (nSPS) is 12.6. The zero-order chi connectivity index (χ0) is 13.8. The van der Waals surface area contributed by atoms with E-state index in [0.717, 1.165) is 24.0 Å². The van der Waals surface area contributed by atoms with Gasteiger partial charge in [-0.15, -0.1) is 0 Å². The third-order valence-electron chi connectivity index (χ3n) is 3.79. The number of fused-ring (bicyclic) bond motifs is 1. The fourth-order valence-electron chi connectivity index (χ4n) is 2.57. The Balaban J connectivity index is 2.66. The summed E-state index contributed by atoms with van der Waals surface area (Å²) >= 11 is 0. The molecule has 1 heterocycles. The van der Waals surface area contributed by atoms with Crippen LogP contribution in [0, 0.1) is 0 Å². The first-order valence-corrected chi connectivity index (χ1v) is 7.06. The first-order valence-electron chi connectivity index (χ1n) is 7.06. The summed E-state index contributed by atoms with van der Waals surface area (Å²) in [5.74, 6) is 0. The van der Waals surface area contributed by atoms with E-state index in [2.05, 4.69) is 48.9 Å². The SMILES string of the molecule is CCC(C)N(CC)c1c(CN)cnc2ccccc12. The van der Waals surface area contributed by atoms with Gasteiger partial charge in [0.1, 0.15) is 0 Å². The summed E-state index contributed by atoms with van der Waals surface area (Å²) in [6, 6.07) is 8.80. The maximum atomic E-state index is 5.91. The van der Waals surface area contributed by atoms with Crippen molar-refractivity contribution in [2.75, 3.05) is 11.4 Å². The van der Waals surface area contributed by atoms with Crippen molar-refractivity contribution in [3.8, 4) is 0 Å². The minimum Gasteiger partial charge on any atom is -0.368 e. The summed E-state index contributed by atoms with van der Waals surface area (Å²) in [6.07, 6.45) is 3.04. The first kappa shape index (κ1) is 13.8. The van der Waals surface area contributed by atoms with Crippen LogP contribution >= 0.6 is 0 Å². The molecule has 2 rings (SSSR count). The Labute approximate surface area is 115 Å². The van der Waals surface area contributed by atoms with E-state index in [1.807, 2.05) is 12.3 Å². The number of nitrogens with two attached hydrogens (primary N) is 1. The highest BCUT2D eigenvalue weighted by Gasteiger charge is 2.17. The smallest absolute Gasteiger partial charge is 0.0723 e. The molecule has 3 heteroatoms. The van der Waals surface area contributed by atoms with Crippen molar-refractivity contribution in [1.82, 2.24) is 4.98 Å². The molecule has 0 bridgehead atoms. The van der Waals surface area contributed by atoms with Crippen LogP contribution in [0.3, 0.4) is 0 Å². The standard InChI is InChI=1S/C16H23N3/c1-4-12(3)19(5-2)16-13(10-17)11-18-15-9-7-6-8-14(15)16/h6-9,11-12H,4-5,10,17H2,1-3H3. The molecular weight excluding hydrogens is 234 g/mol. The van der Waals surface area contributed by atoms with Crippen molar-refractivity contribution < 1.29 is 0 Å².